The zero-order chi connectivity index (χ0) is 12.3. The Kier molecular flexibility index (Phi) is 7.04. The van der Waals surface area contributed by atoms with Crippen molar-refractivity contribution in [2.24, 2.45) is 0 Å². The minimum atomic E-state index is 0.634. The molecule has 0 spiro atoms. The van der Waals surface area contributed by atoms with Crippen molar-refractivity contribution < 1.29 is 4.74 Å². The molecule has 3 nitrogen and oxygen atoms in total. The van der Waals surface area contributed by atoms with Gasteiger partial charge in [-0.25, -0.2) is 0 Å². The number of unbranched alkanes of at least 4 members (excludes halogenated alkanes) is 1. The van der Waals surface area contributed by atoms with Crippen molar-refractivity contribution >= 4 is 0 Å². The molecular formula is C14H20N2O. The lowest BCUT2D eigenvalue weighted by Gasteiger charge is -2.15. The molecule has 17 heavy (non-hydrogen) atoms. The fourth-order valence-corrected chi connectivity index (χ4v) is 1.52. The Balaban J connectivity index is 2.02. The number of benzene rings is 1. The summed E-state index contributed by atoms with van der Waals surface area (Å²) in [5.41, 5.74) is 1.21. The van der Waals surface area contributed by atoms with Crippen molar-refractivity contribution in [1.29, 1.82) is 5.26 Å². The highest BCUT2D eigenvalue weighted by atomic mass is 16.5. The predicted molar refractivity (Wildman–Crippen MR) is 68.4 cm³/mol. The van der Waals surface area contributed by atoms with Gasteiger partial charge in [-0.1, -0.05) is 30.3 Å². The van der Waals surface area contributed by atoms with Gasteiger partial charge in [-0.15, -0.1) is 0 Å². The van der Waals surface area contributed by atoms with Crippen LogP contribution in [-0.4, -0.2) is 31.6 Å². The molecule has 1 aromatic carbocycles. The third-order valence-corrected chi connectivity index (χ3v) is 2.56. The van der Waals surface area contributed by atoms with Gasteiger partial charge in [0.2, 0.25) is 0 Å². The first-order valence-corrected chi connectivity index (χ1v) is 6.00. The van der Waals surface area contributed by atoms with Crippen LogP contribution in [0.1, 0.15) is 18.4 Å². The Labute approximate surface area is 104 Å². The van der Waals surface area contributed by atoms with Crippen molar-refractivity contribution in [2.75, 3.05) is 26.7 Å². The summed E-state index contributed by atoms with van der Waals surface area (Å²) in [7, 11) is 2.06. The Bertz CT molecular complexity index is 332. The van der Waals surface area contributed by atoms with E-state index >= 15 is 0 Å². The van der Waals surface area contributed by atoms with E-state index in [0.29, 0.717) is 13.0 Å². The van der Waals surface area contributed by atoms with E-state index in [2.05, 4.69) is 30.1 Å². The summed E-state index contributed by atoms with van der Waals surface area (Å²) >= 11 is 0. The van der Waals surface area contributed by atoms with Crippen molar-refractivity contribution in [2.45, 2.75) is 19.4 Å². The average Bonchev–Trinajstić information content (AvgIpc) is 2.36. The second-order valence-electron chi connectivity index (χ2n) is 4.10. The number of nitriles is 1. The van der Waals surface area contributed by atoms with Crippen molar-refractivity contribution in [1.82, 2.24) is 4.90 Å². The summed E-state index contributed by atoms with van der Waals surface area (Å²) in [6.45, 7) is 3.28. The SMILES string of the molecule is CN(CCCC#N)CCOCc1ccccc1. The van der Waals surface area contributed by atoms with E-state index in [1.165, 1.54) is 5.56 Å². The predicted octanol–water partition coefficient (Wildman–Crippen LogP) is 2.44. The highest BCUT2D eigenvalue weighted by Gasteiger charge is 1.98. The van der Waals surface area contributed by atoms with Gasteiger partial charge in [0, 0.05) is 13.0 Å². The summed E-state index contributed by atoms with van der Waals surface area (Å²) in [6, 6.07) is 12.3. The minimum Gasteiger partial charge on any atom is -0.375 e. The van der Waals surface area contributed by atoms with Gasteiger partial charge in [-0.05, 0) is 25.6 Å². The first kappa shape index (κ1) is 13.7. The van der Waals surface area contributed by atoms with Crippen LogP contribution < -0.4 is 0 Å². The zero-order valence-corrected chi connectivity index (χ0v) is 10.4. The van der Waals surface area contributed by atoms with Crippen LogP contribution in [0.25, 0.3) is 0 Å². The number of hydrogen-bond acceptors (Lipinski definition) is 3. The molecule has 0 saturated heterocycles. The Hall–Kier alpha value is -1.37. The molecule has 0 atom stereocenters. The van der Waals surface area contributed by atoms with Gasteiger partial charge >= 0.3 is 0 Å². The highest BCUT2D eigenvalue weighted by molar-refractivity contribution is 5.13. The van der Waals surface area contributed by atoms with E-state index in [9.17, 15) is 0 Å². The first-order valence-electron chi connectivity index (χ1n) is 6.00. The topological polar surface area (TPSA) is 36.3 Å². The molecule has 3 heteroatoms. The van der Waals surface area contributed by atoms with Gasteiger partial charge in [0.05, 0.1) is 19.3 Å². The van der Waals surface area contributed by atoms with Crippen LogP contribution >= 0.6 is 0 Å². The van der Waals surface area contributed by atoms with E-state index in [1.807, 2.05) is 18.2 Å². The van der Waals surface area contributed by atoms with Crippen LogP contribution in [0.2, 0.25) is 0 Å². The van der Waals surface area contributed by atoms with Crippen LogP contribution in [0.3, 0.4) is 0 Å². The summed E-state index contributed by atoms with van der Waals surface area (Å²) in [6.07, 6.45) is 1.57. The van der Waals surface area contributed by atoms with Gasteiger partial charge in [0.15, 0.2) is 0 Å². The zero-order valence-electron chi connectivity index (χ0n) is 10.4. The molecule has 0 fully saturated rings. The van der Waals surface area contributed by atoms with E-state index in [4.69, 9.17) is 10.00 Å². The Morgan fingerprint density at radius 3 is 2.71 bits per heavy atom. The minimum absolute atomic E-state index is 0.634. The monoisotopic (exact) mass is 232 g/mol. The van der Waals surface area contributed by atoms with Crippen LogP contribution in [0.5, 0.6) is 0 Å². The Morgan fingerprint density at radius 2 is 2.00 bits per heavy atom. The van der Waals surface area contributed by atoms with E-state index in [0.717, 1.165) is 26.1 Å². The first-order chi connectivity index (χ1) is 8.33. The molecule has 1 aromatic rings. The lowest BCUT2D eigenvalue weighted by atomic mass is 10.2. The summed E-state index contributed by atoms with van der Waals surface area (Å²) < 4.78 is 5.59. The molecule has 0 radical (unpaired) electrons. The lowest BCUT2D eigenvalue weighted by Crippen LogP contribution is -2.24. The molecule has 0 amide bonds. The molecule has 0 saturated carbocycles. The van der Waals surface area contributed by atoms with Crippen LogP contribution in [-0.2, 0) is 11.3 Å². The molecule has 92 valence electrons. The Morgan fingerprint density at radius 1 is 1.24 bits per heavy atom. The molecule has 0 aliphatic carbocycles. The van der Waals surface area contributed by atoms with Crippen LogP contribution in [0.4, 0.5) is 0 Å². The summed E-state index contributed by atoms with van der Waals surface area (Å²) in [5.74, 6) is 0. The van der Waals surface area contributed by atoms with Gasteiger partial charge < -0.3 is 9.64 Å². The molecule has 0 aliphatic heterocycles. The molecule has 0 unspecified atom stereocenters. The van der Waals surface area contributed by atoms with E-state index < -0.39 is 0 Å². The quantitative estimate of drug-likeness (QED) is 0.646. The van der Waals surface area contributed by atoms with Gasteiger partial charge in [-0.2, -0.15) is 5.26 Å². The second-order valence-corrected chi connectivity index (χ2v) is 4.10. The molecular weight excluding hydrogens is 212 g/mol. The lowest BCUT2D eigenvalue weighted by molar-refractivity contribution is 0.0994. The molecule has 0 bridgehead atoms. The fraction of sp³-hybridized carbons (Fsp3) is 0.500. The normalized spacial score (nSPS) is 10.4. The number of hydrogen-bond donors (Lipinski definition) is 0. The standard InChI is InChI=1S/C14H20N2O/c1-16(10-6-5-9-15)11-12-17-13-14-7-3-2-4-8-14/h2-4,7-8H,5-6,10-13H2,1H3. The number of likely N-dealkylation sites (N-methyl/N-ethyl adjacent to an activating group) is 1. The number of nitrogens with zero attached hydrogens (tertiary/aromatic N) is 2. The van der Waals surface area contributed by atoms with Gasteiger partial charge in [0.1, 0.15) is 0 Å². The maximum atomic E-state index is 8.43. The largest absolute Gasteiger partial charge is 0.375 e. The molecule has 0 aliphatic rings. The summed E-state index contributed by atoms with van der Waals surface area (Å²) in [4.78, 5) is 2.20. The maximum Gasteiger partial charge on any atom is 0.0717 e. The molecule has 0 aromatic heterocycles. The van der Waals surface area contributed by atoms with Crippen molar-refractivity contribution in [3.63, 3.8) is 0 Å². The number of rotatable bonds is 8. The highest BCUT2D eigenvalue weighted by Crippen LogP contribution is 2.00. The van der Waals surface area contributed by atoms with Crippen molar-refractivity contribution in [3.05, 3.63) is 35.9 Å². The third kappa shape index (κ3) is 6.72. The van der Waals surface area contributed by atoms with Crippen LogP contribution in [0.15, 0.2) is 30.3 Å². The third-order valence-electron chi connectivity index (χ3n) is 2.56. The van der Waals surface area contributed by atoms with Gasteiger partial charge in [-0.3, -0.25) is 0 Å². The molecule has 0 N–H and O–H groups in total. The molecule has 1 rings (SSSR count). The second kappa shape index (κ2) is 8.74. The van der Waals surface area contributed by atoms with Crippen molar-refractivity contribution in [3.8, 4) is 6.07 Å². The van der Waals surface area contributed by atoms with Crippen LogP contribution in [0, 0.1) is 11.3 Å². The van der Waals surface area contributed by atoms with Gasteiger partial charge in [0.25, 0.3) is 0 Å². The fourth-order valence-electron chi connectivity index (χ4n) is 1.52. The van der Waals surface area contributed by atoms with E-state index in [-0.39, 0.29) is 0 Å². The van der Waals surface area contributed by atoms with E-state index in [1.54, 1.807) is 0 Å². The smallest absolute Gasteiger partial charge is 0.0717 e. The average molecular weight is 232 g/mol. The molecule has 0 heterocycles. The maximum absolute atomic E-state index is 8.43. The summed E-state index contributed by atoms with van der Waals surface area (Å²) in [5, 5.41) is 8.43. The number of ether oxygens (including phenoxy) is 1.